The van der Waals surface area contributed by atoms with E-state index < -0.39 is 0 Å². The largest absolute Gasteiger partial charge is 0.375 e. The van der Waals surface area contributed by atoms with Crippen molar-refractivity contribution >= 4 is 5.91 Å². The van der Waals surface area contributed by atoms with Gasteiger partial charge in [0.2, 0.25) is 5.91 Å². The van der Waals surface area contributed by atoms with Gasteiger partial charge in [0.25, 0.3) is 0 Å². The standard InChI is InChI=1S/C19H24N4O2/c1-15-11-17(22-14-21-15)5-6-18-13-23(9-10-25-18)19(24)7-4-16-3-2-8-20-12-16/h2-3,8,11-12,14,18H,4-7,9-10,13H2,1H3. The van der Waals surface area contributed by atoms with E-state index in [1.165, 1.54) is 0 Å². The molecule has 1 atom stereocenters. The number of amides is 1. The Hall–Kier alpha value is -2.34. The topological polar surface area (TPSA) is 68.2 Å². The van der Waals surface area contributed by atoms with Gasteiger partial charge in [-0.1, -0.05) is 6.07 Å². The summed E-state index contributed by atoms with van der Waals surface area (Å²) < 4.78 is 5.83. The number of nitrogens with zero attached hydrogens (tertiary/aromatic N) is 4. The third kappa shape index (κ3) is 5.32. The van der Waals surface area contributed by atoms with E-state index in [-0.39, 0.29) is 12.0 Å². The van der Waals surface area contributed by atoms with E-state index in [9.17, 15) is 4.79 Å². The molecule has 2 aromatic heterocycles. The van der Waals surface area contributed by atoms with Crippen molar-refractivity contribution in [3.8, 4) is 0 Å². The maximum atomic E-state index is 12.5. The number of hydrogen-bond donors (Lipinski definition) is 0. The van der Waals surface area contributed by atoms with Gasteiger partial charge in [0.15, 0.2) is 0 Å². The third-order valence-corrected chi connectivity index (χ3v) is 4.42. The van der Waals surface area contributed by atoms with E-state index in [0.717, 1.165) is 36.2 Å². The molecule has 3 rings (SSSR count). The molecular formula is C19H24N4O2. The van der Waals surface area contributed by atoms with Gasteiger partial charge in [0, 0.05) is 43.3 Å². The fourth-order valence-electron chi connectivity index (χ4n) is 3.03. The fourth-order valence-corrected chi connectivity index (χ4v) is 3.03. The first-order valence-electron chi connectivity index (χ1n) is 8.76. The van der Waals surface area contributed by atoms with E-state index in [1.807, 2.05) is 36.2 Å². The molecule has 1 fully saturated rings. The molecule has 0 radical (unpaired) electrons. The molecule has 3 heterocycles. The highest BCUT2D eigenvalue weighted by molar-refractivity contribution is 5.76. The number of aromatic nitrogens is 3. The molecule has 0 aromatic carbocycles. The molecule has 1 aliphatic heterocycles. The SMILES string of the molecule is Cc1cc(CCC2CN(C(=O)CCc3cccnc3)CCO2)ncn1. The van der Waals surface area contributed by atoms with Gasteiger partial charge in [-0.05, 0) is 43.9 Å². The number of hydrogen-bond acceptors (Lipinski definition) is 5. The van der Waals surface area contributed by atoms with E-state index in [0.29, 0.717) is 26.1 Å². The van der Waals surface area contributed by atoms with Crippen LogP contribution < -0.4 is 0 Å². The van der Waals surface area contributed by atoms with Crippen LogP contribution in [0.25, 0.3) is 0 Å². The first-order valence-corrected chi connectivity index (χ1v) is 8.76. The number of aryl methyl sites for hydroxylation is 3. The lowest BCUT2D eigenvalue weighted by atomic mass is 10.1. The van der Waals surface area contributed by atoms with Crippen molar-refractivity contribution in [1.82, 2.24) is 19.9 Å². The average Bonchev–Trinajstić information content (AvgIpc) is 2.65. The lowest BCUT2D eigenvalue weighted by molar-refractivity contribution is -0.138. The second kappa shape index (κ2) is 8.67. The van der Waals surface area contributed by atoms with Gasteiger partial charge in [-0.2, -0.15) is 0 Å². The maximum absolute atomic E-state index is 12.5. The van der Waals surface area contributed by atoms with Crippen LogP contribution in [0.4, 0.5) is 0 Å². The summed E-state index contributed by atoms with van der Waals surface area (Å²) in [4.78, 5) is 26.9. The van der Waals surface area contributed by atoms with Crippen LogP contribution in [0.2, 0.25) is 0 Å². The number of pyridine rings is 1. The Kier molecular flexibility index (Phi) is 6.06. The number of carbonyl (C=O) groups excluding carboxylic acids is 1. The van der Waals surface area contributed by atoms with Crippen molar-refractivity contribution in [3.63, 3.8) is 0 Å². The van der Waals surface area contributed by atoms with Crippen LogP contribution in [0, 0.1) is 6.92 Å². The summed E-state index contributed by atoms with van der Waals surface area (Å²) in [7, 11) is 0. The van der Waals surface area contributed by atoms with Gasteiger partial charge < -0.3 is 9.64 Å². The van der Waals surface area contributed by atoms with Crippen LogP contribution in [0.3, 0.4) is 0 Å². The maximum Gasteiger partial charge on any atom is 0.223 e. The number of morpholine rings is 1. The van der Waals surface area contributed by atoms with Crippen LogP contribution in [0.15, 0.2) is 36.9 Å². The van der Waals surface area contributed by atoms with Gasteiger partial charge in [0.05, 0.1) is 12.7 Å². The Labute approximate surface area is 148 Å². The molecule has 1 aliphatic rings. The van der Waals surface area contributed by atoms with Crippen LogP contribution in [-0.4, -0.2) is 51.6 Å². The van der Waals surface area contributed by atoms with E-state index in [4.69, 9.17) is 4.74 Å². The quantitative estimate of drug-likeness (QED) is 0.804. The zero-order valence-corrected chi connectivity index (χ0v) is 14.6. The molecule has 2 aromatic rings. The number of carbonyl (C=O) groups is 1. The van der Waals surface area contributed by atoms with Crippen molar-refractivity contribution in [3.05, 3.63) is 53.9 Å². The van der Waals surface area contributed by atoms with Crippen LogP contribution in [0.5, 0.6) is 0 Å². The molecule has 1 saturated heterocycles. The molecular weight excluding hydrogens is 316 g/mol. The summed E-state index contributed by atoms with van der Waals surface area (Å²) in [5.74, 6) is 0.190. The lowest BCUT2D eigenvalue weighted by Crippen LogP contribution is -2.45. The summed E-state index contributed by atoms with van der Waals surface area (Å²) in [5, 5.41) is 0. The van der Waals surface area contributed by atoms with E-state index >= 15 is 0 Å². The third-order valence-electron chi connectivity index (χ3n) is 4.42. The van der Waals surface area contributed by atoms with Crippen LogP contribution >= 0.6 is 0 Å². The minimum atomic E-state index is 0.0753. The van der Waals surface area contributed by atoms with Crippen molar-refractivity contribution in [2.45, 2.75) is 38.7 Å². The molecule has 6 heteroatoms. The molecule has 0 N–H and O–H groups in total. The predicted octanol–water partition coefficient (Wildman–Crippen LogP) is 1.97. The Bertz CT molecular complexity index is 693. The Morgan fingerprint density at radius 2 is 2.28 bits per heavy atom. The number of rotatable bonds is 6. The lowest BCUT2D eigenvalue weighted by Gasteiger charge is -2.33. The molecule has 0 bridgehead atoms. The zero-order valence-electron chi connectivity index (χ0n) is 14.6. The van der Waals surface area contributed by atoms with E-state index in [2.05, 4.69) is 15.0 Å². The van der Waals surface area contributed by atoms with E-state index in [1.54, 1.807) is 12.5 Å². The molecule has 132 valence electrons. The predicted molar refractivity (Wildman–Crippen MR) is 94.0 cm³/mol. The van der Waals surface area contributed by atoms with Gasteiger partial charge in [0.1, 0.15) is 6.33 Å². The fraction of sp³-hybridized carbons (Fsp3) is 0.474. The van der Waals surface area contributed by atoms with Gasteiger partial charge in [-0.15, -0.1) is 0 Å². The van der Waals surface area contributed by atoms with Gasteiger partial charge in [-0.25, -0.2) is 9.97 Å². The van der Waals surface area contributed by atoms with Crippen molar-refractivity contribution in [2.24, 2.45) is 0 Å². The second-order valence-corrected chi connectivity index (χ2v) is 6.38. The molecule has 1 unspecified atom stereocenters. The molecule has 0 aliphatic carbocycles. The minimum Gasteiger partial charge on any atom is -0.375 e. The van der Waals surface area contributed by atoms with Crippen molar-refractivity contribution in [1.29, 1.82) is 0 Å². The van der Waals surface area contributed by atoms with Gasteiger partial charge >= 0.3 is 0 Å². The molecule has 0 spiro atoms. The van der Waals surface area contributed by atoms with Crippen molar-refractivity contribution < 1.29 is 9.53 Å². The Morgan fingerprint density at radius 1 is 1.36 bits per heavy atom. The minimum absolute atomic E-state index is 0.0753. The smallest absolute Gasteiger partial charge is 0.223 e. The summed E-state index contributed by atoms with van der Waals surface area (Å²) in [6.45, 7) is 3.90. The molecule has 0 saturated carbocycles. The molecule has 25 heavy (non-hydrogen) atoms. The highest BCUT2D eigenvalue weighted by Gasteiger charge is 2.23. The first kappa shape index (κ1) is 17.5. The normalized spacial score (nSPS) is 17.5. The zero-order chi connectivity index (χ0) is 17.5. The highest BCUT2D eigenvalue weighted by atomic mass is 16.5. The Balaban J connectivity index is 1.46. The Morgan fingerprint density at radius 3 is 3.08 bits per heavy atom. The monoisotopic (exact) mass is 340 g/mol. The van der Waals surface area contributed by atoms with Crippen LogP contribution in [-0.2, 0) is 22.4 Å². The summed E-state index contributed by atoms with van der Waals surface area (Å²) >= 11 is 0. The summed E-state index contributed by atoms with van der Waals surface area (Å²) in [6, 6.07) is 5.91. The second-order valence-electron chi connectivity index (χ2n) is 6.38. The molecule has 6 nitrogen and oxygen atoms in total. The van der Waals surface area contributed by atoms with Gasteiger partial charge in [-0.3, -0.25) is 9.78 Å². The van der Waals surface area contributed by atoms with Crippen LogP contribution in [0.1, 0.15) is 29.8 Å². The molecule has 1 amide bonds. The highest BCUT2D eigenvalue weighted by Crippen LogP contribution is 2.14. The summed E-state index contributed by atoms with van der Waals surface area (Å²) in [6.07, 6.45) is 8.19. The summed E-state index contributed by atoms with van der Waals surface area (Å²) in [5.41, 5.74) is 3.10. The van der Waals surface area contributed by atoms with Crippen molar-refractivity contribution in [2.75, 3.05) is 19.7 Å². The number of ether oxygens (including phenoxy) is 1. The average molecular weight is 340 g/mol. The first-order chi connectivity index (χ1) is 12.2.